The highest BCUT2D eigenvalue weighted by Gasteiger charge is 2.39. The zero-order chi connectivity index (χ0) is 24.6. The molecule has 0 aromatic heterocycles. The highest BCUT2D eigenvalue weighted by Crippen LogP contribution is 2.35. The third-order valence-electron chi connectivity index (χ3n) is 5.21. The number of nitrogens with zero attached hydrogens (tertiary/aromatic N) is 1. The SMILES string of the molecule is CC(OC(=O)c1ccc2c(c1[N+](=O)[O-])C(=O)c1ccccc1C2=O)C(=O)Nc1cccc(F)c1. The highest BCUT2D eigenvalue weighted by molar-refractivity contribution is 6.30. The molecule has 0 saturated carbocycles. The molecule has 0 spiro atoms. The summed E-state index contributed by atoms with van der Waals surface area (Å²) in [5.74, 6) is -4.00. The van der Waals surface area contributed by atoms with E-state index in [2.05, 4.69) is 5.32 Å². The minimum absolute atomic E-state index is 0.0172. The van der Waals surface area contributed by atoms with E-state index in [-0.39, 0.29) is 22.4 Å². The molecule has 1 atom stereocenters. The highest BCUT2D eigenvalue weighted by atomic mass is 19.1. The molecular formula is C24H15FN2O7. The summed E-state index contributed by atoms with van der Waals surface area (Å²) in [7, 11) is 0. The Morgan fingerprint density at radius 2 is 1.65 bits per heavy atom. The molecule has 0 aliphatic heterocycles. The van der Waals surface area contributed by atoms with Crippen LogP contribution >= 0.6 is 0 Å². The van der Waals surface area contributed by atoms with E-state index < -0.39 is 57.1 Å². The number of amides is 1. The predicted octanol–water partition coefficient (Wildman–Crippen LogP) is 3.69. The largest absolute Gasteiger partial charge is 0.449 e. The predicted molar refractivity (Wildman–Crippen MR) is 116 cm³/mol. The molecule has 34 heavy (non-hydrogen) atoms. The van der Waals surface area contributed by atoms with E-state index >= 15 is 0 Å². The number of fused-ring (bicyclic) bond motifs is 2. The van der Waals surface area contributed by atoms with Crippen LogP contribution < -0.4 is 5.32 Å². The van der Waals surface area contributed by atoms with Gasteiger partial charge in [-0.3, -0.25) is 24.5 Å². The number of halogens is 1. The van der Waals surface area contributed by atoms with Crippen molar-refractivity contribution in [2.75, 3.05) is 5.32 Å². The number of hydrogen-bond donors (Lipinski definition) is 1. The van der Waals surface area contributed by atoms with Crippen LogP contribution in [0.3, 0.4) is 0 Å². The average molecular weight is 462 g/mol. The van der Waals surface area contributed by atoms with Gasteiger partial charge in [0.15, 0.2) is 11.9 Å². The van der Waals surface area contributed by atoms with Crippen molar-refractivity contribution in [1.82, 2.24) is 0 Å². The van der Waals surface area contributed by atoms with Gasteiger partial charge >= 0.3 is 5.97 Å². The number of anilines is 1. The molecule has 170 valence electrons. The van der Waals surface area contributed by atoms with Gasteiger partial charge in [0.2, 0.25) is 5.78 Å². The molecule has 1 amide bonds. The normalized spacial score (nSPS) is 12.9. The van der Waals surface area contributed by atoms with Crippen LogP contribution in [-0.4, -0.2) is 34.5 Å². The monoisotopic (exact) mass is 462 g/mol. The first-order chi connectivity index (χ1) is 16.2. The van der Waals surface area contributed by atoms with Gasteiger partial charge in [-0.25, -0.2) is 9.18 Å². The number of nitro benzene ring substituents is 1. The van der Waals surface area contributed by atoms with Crippen LogP contribution in [0, 0.1) is 15.9 Å². The fraction of sp³-hybridized carbons (Fsp3) is 0.0833. The molecule has 1 N–H and O–H groups in total. The van der Waals surface area contributed by atoms with E-state index in [1.807, 2.05) is 0 Å². The maximum absolute atomic E-state index is 13.3. The Kier molecular flexibility index (Phi) is 5.72. The molecular weight excluding hydrogens is 447 g/mol. The van der Waals surface area contributed by atoms with E-state index in [1.54, 1.807) is 6.07 Å². The first-order valence-corrected chi connectivity index (χ1v) is 9.96. The van der Waals surface area contributed by atoms with Crippen molar-refractivity contribution in [2.45, 2.75) is 13.0 Å². The molecule has 1 unspecified atom stereocenters. The Balaban J connectivity index is 1.65. The first-order valence-electron chi connectivity index (χ1n) is 9.96. The Morgan fingerprint density at radius 3 is 2.29 bits per heavy atom. The molecule has 4 rings (SSSR count). The topological polar surface area (TPSA) is 133 Å². The average Bonchev–Trinajstić information content (AvgIpc) is 2.81. The van der Waals surface area contributed by atoms with E-state index in [1.165, 1.54) is 43.3 Å². The fourth-order valence-corrected chi connectivity index (χ4v) is 3.61. The van der Waals surface area contributed by atoms with Crippen molar-refractivity contribution in [3.05, 3.63) is 104 Å². The first kappa shape index (κ1) is 22.5. The van der Waals surface area contributed by atoms with Crippen LogP contribution in [-0.2, 0) is 9.53 Å². The second-order valence-corrected chi connectivity index (χ2v) is 7.39. The van der Waals surface area contributed by atoms with Crippen molar-refractivity contribution in [3.63, 3.8) is 0 Å². The summed E-state index contributed by atoms with van der Waals surface area (Å²) in [5.41, 5.74) is -1.98. The molecule has 1 aliphatic rings. The maximum atomic E-state index is 13.3. The van der Waals surface area contributed by atoms with Gasteiger partial charge in [0.1, 0.15) is 16.9 Å². The molecule has 0 saturated heterocycles. The third kappa shape index (κ3) is 3.92. The molecule has 0 heterocycles. The van der Waals surface area contributed by atoms with Gasteiger partial charge in [-0.05, 0) is 37.3 Å². The van der Waals surface area contributed by atoms with Gasteiger partial charge in [0.05, 0.1) is 4.92 Å². The number of nitrogens with one attached hydrogen (secondary N) is 1. The zero-order valence-electron chi connectivity index (χ0n) is 17.5. The summed E-state index contributed by atoms with van der Waals surface area (Å²) in [6.07, 6.45) is -1.41. The van der Waals surface area contributed by atoms with E-state index in [9.17, 15) is 33.7 Å². The van der Waals surface area contributed by atoms with E-state index in [0.717, 1.165) is 18.2 Å². The quantitative estimate of drug-likeness (QED) is 0.272. The van der Waals surface area contributed by atoms with Crippen LogP contribution in [0.4, 0.5) is 15.8 Å². The van der Waals surface area contributed by atoms with Gasteiger partial charge in [0.25, 0.3) is 11.6 Å². The van der Waals surface area contributed by atoms with E-state index in [4.69, 9.17) is 4.74 Å². The minimum Gasteiger partial charge on any atom is -0.449 e. The second-order valence-electron chi connectivity index (χ2n) is 7.39. The van der Waals surface area contributed by atoms with Crippen molar-refractivity contribution in [3.8, 4) is 0 Å². The lowest BCUT2D eigenvalue weighted by Gasteiger charge is -2.19. The van der Waals surface area contributed by atoms with Crippen molar-refractivity contribution < 1.29 is 33.2 Å². The second kappa shape index (κ2) is 8.66. The summed E-state index contributed by atoms with van der Waals surface area (Å²) < 4.78 is 18.4. The van der Waals surface area contributed by atoms with Gasteiger partial charge in [-0.1, -0.05) is 30.3 Å². The van der Waals surface area contributed by atoms with Gasteiger partial charge < -0.3 is 10.1 Å². The smallest absolute Gasteiger partial charge is 0.345 e. The lowest BCUT2D eigenvalue weighted by atomic mass is 9.82. The van der Waals surface area contributed by atoms with Crippen LogP contribution in [0.15, 0.2) is 60.7 Å². The molecule has 0 radical (unpaired) electrons. The fourth-order valence-electron chi connectivity index (χ4n) is 3.61. The Morgan fingerprint density at radius 1 is 0.971 bits per heavy atom. The van der Waals surface area contributed by atoms with Gasteiger partial charge in [0, 0.05) is 22.4 Å². The molecule has 3 aromatic rings. The lowest BCUT2D eigenvalue weighted by Crippen LogP contribution is -2.30. The summed E-state index contributed by atoms with van der Waals surface area (Å²) >= 11 is 0. The minimum atomic E-state index is -1.41. The Hall–Kier alpha value is -4.73. The maximum Gasteiger partial charge on any atom is 0.345 e. The Bertz CT molecular complexity index is 1400. The molecule has 1 aliphatic carbocycles. The number of hydrogen-bond acceptors (Lipinski definition) is 7. The summed E-state index contributed by atoms with van der Waals surface area (Å²) in [5, 5.41) is 14.2. The van der Waals surface area contributed by atoms with Crippen molar-refractivity contribution >= 4 is 34.8 Å². The van der Waals surface area contributed by atoms with Crippen LogP contribution in [0.5, 0.6) is 0 Å². The van der Waals surface area contributed by atoms with Crippen LogP contribution in [0.1, 0.15) is 49.1 Å². The number of carbonyl (C=O) groups excluding carboxylic acids is 4. The van der Waals surface area contributed by atoms with E-state index in [0.29, 0.717) is 0 Å². The molecule has 9 nitrogen and oxygen atoms in total. The third-order valence-corrected chi connectivity index (χ3v) is 5.21. The van der Waals surface area contributed by atoms with Crippen molar-refractivity contribution in [2.24, 2.45) is 0 Å². The summed E-state index contributed by atoms with van der Waals surface area (Å²) in [4.78, 5) is 61.8. The number of ketones is 2. The number of ether oxygens (including phenoxy) is 1. The lowest BCUT2D eigenvalue weighted by molar-refractivity contribution is -0.385. The van der Waals surface area contributed by atoms with Crippen LogP contribution in [0.2, 0.25) is 0 Å². The number of esters is 1. The molecule has 0 bridgehead atoms. The number of benzene rings is 3. The van der Waals surface area contributed by atoms with Crippen molar-refractivity contribution in [1.29, 1.82) is 0 Å². The Labute approximate surface area is 191 Å². The summed E-state index contributed by atoms with van der Waals surface area (Å²) in [6, 6.07) is 13.1. The summed E-state index contributed by atoms with van der Waals surface area (Å²) in [6.45, 7) is 1.22. The number of rotatable bonds is 5. The van der Waals surface area contributed by atoms with Gasteiger partial charge in [-0.15, -0.1) is 0 Å². The molecule has 0 fully saturated rings. The van der Waals surface area contributed by atoms with Crippen LogP contribution in [0.25, 0.3) is 0 Å². The zero-order valence-corrected chi connectivity index (χ0v) is 17.5. The number of carbonyl (C=O) groups is 4. The number of nitro groups is 1. The van der Waals surface area contributed by atoms with Gasteiger partial charge in [-0.2, -0.15) is 0 Å². The molecule has 10 heteroatoms. The molecule has 3 aromatic carbocycles. The standard InChI is InChI=1S/C24H15FN2O7/c1-12(23(30)26-14-6-4-5-13(25)11-14)34-24(31)18-10-9-17-19(20(18)27(32)33)22(29)16-8-3-2-7-15(16)21(17)28/h2-12H,1H3,(H,26,30).